The van der Waals surface area contributed by atoms with E-state index in [-0.39, 0.29) is 15.6 Å². The van der Waals surface area contributed by atoms with Crippen LogP contribution in [0.5, 0.6) is 10.8 Å². The highest BCUT2D eigenvalue weighted by atomic mass is 32.2. The lowest BCUT2D eigenvalue weighted by Crippen LogP contribution is -2.15. The molecule has 0 atom stereocenters. The van der Waals surface area contributed by atoms with Crippen molar-refractivity contribution in [1.82, 2.24) is 0 Å². The van der Waals surface area contributed by atoms with Crippen LogP contribution in [-0.4, -0.2) is 35.3 Å². The molecule has 30 heavy (non-hydrogen) atoms. The van der Waals surface area contributed by atoms with E-state index in [4.69, 9.17) is 9.47 Å². The van der Waals surface area contributed by atoms with E-state index >= 15 is 0 Å². The summed E-state index contributed by atoms with van der Waals surface area (Å²) in [5.41, 5.74) is 1.11. The zero-order chi connectivity index (χ0) is 22.1. The smallest absolute Gasteiger partial charge is 0.494 e. The van der Waals surface area contributed by atoms with Crippen molar-refractivity contribution in [2.75, 3.05) is 30.8 Å². The van der Waals surface area contributed by atoms with Crippen LogP contribution in [0.1, 0.15) is 33.1 Å². The molecule has 1 heterocycles. The number of sulfonamides is 1. The summed E-state index contributed by atoms with van der Waals surface area (Å²) < 4.78 is 42.8. The van der Waals surface area contributed by atoms with Crippen molar-refractivity contribution < 1.29 is 27.4 Å². The van der Waals surface area contributed by atoms with Gasteiger partial charge in [0.15, 0.2) is 0 Å². The molecule has 166 valence electrons. The molecule has 1 aromatic heterocycles. The monoisotopic (exact) mass is 456 g/mol. The van der Waals surface area contributed by atoms with Crippen molar-refractivity contribution in [3.63, 3.8) is 0 Å². The number of hydrogen-bond donors (Lipinski definition) is 2. The molecule has 0 aliphatic carbocycles. The van der Waals surface area contributed by atoms with Crippen molar-refractivity contribution in [2.24, 2.45) is 5.92 Å². The third-order valence-corrected chi connectivity index (χ3v) is 6.52. The molecule has 0 aliphatic rings. The quantitative estimate of drug-likeness (QED) is 0.365. The van der Waals surface area contributed by atoms with E-state index in [1.807, 2.05) is 0 Å². The normalized spacial score (nSPS) is 11.2. The van der Waals surface area contributed by atoms with Crippen LogP contribution in [-0.2, 0) is 14.8 Å². The molecule has 0 aliphatic heterocycles. The van der Waals surface area contributed by atoms with Gasteiger partial charge in [0.05, 0.1) is 19.9 Å². The number of anilines is 2. The van der Waals surface area contributed by atoms with Gasteiger partial charge in [-0.1, -0.05) is 26.7 Å². The highest BCUT2D eigenvalue weighted by molar-refractivity contribution is 7.93. The lowest BCUT2D eigenvalue weighted by Gasteiger charge is -2.14. The summed E-state index contributed by atoms with van der Waals surface area (Å²) in [7, 11) is -1.39. The molecule has 0 amide bonds. The Hall–Kier alpha value is -2.46. The van der Waals surface area contributed by atoms with Gasteiger partial charge < -0.3 is 19.5 Å². The van der Waals surface area contributed by atoms with E-state index < -0.39 is 16.2 Å². The molecule has 0 bridgehead atoms. The minimum absolute atomic E-state index is 0.0759. The van der Waals surface area contributed by atoms with Crippen LogP contribution in [0.15, 0.2) is 34.5 Å². The molecule has 0 saturated heterocycles. The second-order valence-electron chi connectivity index (χ2n) is 6.97. The van der Waals surface area contributed by atoms with Crippen LogP contribution in [0.2, 0.25) is 0 Å². The first-order valence-electron chi connectivity index (χ1n) is 9.55. The average molecular weight is 457 g/mol. The number of ether oxygens (including phenoxy) is 3. The molecule has 2 N–H and O–H groups in total. The molecule has 0 spiro atoms. The number of thiophene rings is 1. The molecule has 0 radical (unpaired) electrons. The molecular formula is C20H28N2O6S2. The lowest BCUT2D eigenvalue weighted by atomic mass is 10.1. The zero-order valence-electron chi connectivity index (χ0n) is 17.6. The Morgan fingerprint density at radius 1 is 1.17 bits per heavy atom. The van der Waals surface area contributed by atoms with Gasteiger partial charge in [0.2, 0.25) is 5.06 Å². The first-order chi connectivity index (χ1) is 14.3. The average Bonchev–Trinajstić information content (AvgIpc) is 3.17. The summed E-state index contributed by atoms with van der Waals surface area (Å²) in [4.78, 5) is 11.2. The summed E-state index contributed by atoms with van der Waals surface area (Å²) in [6.45, 7) is 5.24. The van der Waals surface area contributed by atoms with Gasteiger partial charge in [0.25, 0.3) is 10.0 Å². The summed E-state index contributed by atoms with van der Waals surface area (Å²) >= 11 is 0.974. The number of benzene rings is 1. The maximum absolute atomic E-state index is 12.8. The Bertz CT molecular complexity index is 941. The van der Waals surface area contributed by atoms with Crippen LogP contribution in [0, 0.1) is 5.92 Å². The van der Waals surface area contributed by atoms with Gasteiger partial charge >= 0.3 is 6.16 Å². The number of carbonyl (C=O) groups excluding carboxylic acids is 1. The van der Waals surface area contributed by atoms with E-state index in [2.05, 4.69) is 28.6 Å². The Labute approximate surface area is 181 Å². The maximum Gasteiger partial charge on any atom is 0.514 e. The number of carbonyl (C=O) groups is 1. The van der Waals surface area contributed by atoms with E-state index in [9.17, 15) is 13.2 Å². The summed E-state index contributed by atoms with van der Waals surface area (Å²) in [5, 5.41) is 4.76. The minimum atomic E-state index is -4.01. The molecule has 0 saturated carbocycles. The van der Waals surface area contributed by atoms with Crippen LogP contribution in [0.25, 0.3) is 0 Å². The van der Waals surface area contributed by atoms with E-state index in [1.54, 1.807) is 18.2 Å². The highest BCUT2D eigenvalue weighted by Gasteiger charge is 2.24. The van der Waals surface area contributed by atoms with Crippen LogP contribution in [0.4, 0.5) is 16.2 Å². The third-order valence-electron chi connectivity index (χ3n) is 4.21. The Kier molecular flexibility index (Phi) is 8.79. The molecular weight excluding hydrogens is 428 g/mol. The fourth-order valence-corrected chi connectivity index (χ4v) is 4.93. The highest BCUT2D eigenvalue weighted by Crippen LogP contribution is 2.35. The number of rotatable bonds is 11. The molecule has 0 unspecified atom stereocenters. The van der Waals surface area contributed by atoms with Crippen molar-refractivity contribution in [1.29, 1.82) is 0 Å². The predicted molar refractivity (Wildman–Crippen MR) is 118 cm³/mol. The van der Waals surface area contributed by atoms with Gasteiger partial charge in [0, 0.05) is 18.3 Å². The first kappa shape index (κ1) is 23.8. The standard InChI is InChI=1S/C20H28N2O6S2/c1-14(2)7-5-6-11-21-15-8-9-16(17(13-15)26-3)22-30(24,25)18-10-12-29-19(18)28-20(23)27-4/h8-10,12-14,21-22H,5-7,11H2,1-4H3. The SMILES string of the molecule is COC(=O)Oc1sccc1S(=O)(=O)Nc1ccc(NCCCCC(C)C)cc1OC. The first-order valence-corrected chi connectivity index (χ1v) is 11.9. The van der Waals surface area contributed by atoms with Gasteiger partial charge in [-0.15, -0.1) is 11.3 Å². The molecule has 1 aromatic carbocycles. The molecule has 10 heteroatoms. The predicted octanol–water partition coefficient (Wildman–Crippen LogP) is 4.94. The van der Waals surface area contributed by atoms with Crippen molar-refractivity contribution in [2.45, 2.75) is 38.0 Å². The van der Waals surface area contributed by atoms with Gasteiger partial charge in [-0.2, -0.15) is 0 Å². The fourth-order valence-electron chi connectivity index (χ4n) is 2.67. The molecule has 0 fully saturated rings. The number of methoxy groups -OCH3 is 2. The Morgan fingerprint density at radius 3 is 2.60 bits per heavy atom. The van der Waals surface area contributed by atoms with Crippen molar-refractivity contribution >= 4 is 38.9 Å². The summed E-state index contributed by atoms with van der Waals surface area (Å²) in [5.74, 6) is 1.07. The lowest BCUT2D eigenvalue weighted by molar-refractivity contribution is 0.122. The third kappa shape index (κ3) is 6.81. The minimum Gasteiger partial charge on any atom is -0.494 e. The fraction of sp³-hybridized carbons (Fsp3) is 0.450. The van der Waals surface area contributed by atoms with E-state index in [1.165, 1.54) is 25.0 Å². The number of unbranched alkanes of at least 4 members (excludes halogenated alkanes) is 1. The van der Waals surface area contributed by atoms with Crippen LogP contribution < -0.4 is 19.5 Å². The number of hydrogen-bond acceptors (Lipinski definition) is 8. The van der Waals surface area contributed by atoms with Gasteiger partial charge in [-0.25, -0.2) is 13.2 Å². The van der Waals surface area contributed by atoms with Crippen molar-refractivity contribution in [3.05, 3.63) is 29.6 Å². The molecule has 2 rings (SSSR count). The molecule has 8 nitrogen and oxygen atoms in total. The van der Waals surface area contributed by atoms with Gasteiger partial charge in [-0.05, 0) is 35.9 Å². The van der Waals surface area contributed by atoms with E-state index in [0.717, 1.165) is 43.5 Å². The largest absolute Gasteiger partial charge is 0.514 e. The second kappa shape index (κ2) is 11.1. The second-order valence-corrected chi connectivity index (χ2v) is 9.49. The summed E-state index contributed by atoms with van der Waals surface area (Å²) in [6, 6.07) is 6.49. The van der Waals surface area contributed by atoms with Crippen LogP contribution >= 0.6 is 11.3 Å². The van der Waals surface area contributed by atoms with Crippen LogP contribution in [0.3, 0.4) is 0 Å². The summed E-state index contributed by atoms with van der Waals surface area (Å²) in [6.07, 6.45) is 2.40. The van der Waals surface area contributed by atoms with Gasteiger partial charge in [0.1, 0.15) is 10.6 Å². The van der Waals surface area contributed by atoms with E-state index in [0.29, 0.717) is 11.7 Å². The Morgan fingerprint density at radius 2 is 1.93 bits per heavy atom. The number of nitrogens with one attached hydrogen (secondary N) is 2. The molecule has 2 aromatic rings. The van der Waals surface area contributed by atoms with Crippen molar-refractivity contribution in [3.8, 4) is 10.8 Å². The zero-order valence-corrected chi connectivity index (χ0v) is 19.2. The Balaban J connectivity index is 2.09. The van der Waals surface area contributed by atoms with Gasteiger partial charge in [-0.3, -0.25) is 4.72 Å². The topological polar surface area (TPSA) is 103 Å². The maximum atomic E-state index is 12.8.